The standard InChI is InChI=1S/C6H7N5/c1(5-2-7-3-8-5)6-9-4-10-11-6/h2-4H,1H2,(H,7,8)(H,9,10,11). The number of imidazole rings is 1. The summed E-state index contributed by atoms with van der Waals surface area (Å²) in [6.45, 7) is 0. The normalized spacial score (nSPS) is 10.2. The highest BCUT2D eigenvalue weighted by Gasteiger charge is 1.97. The lowest BCUT2D eigenvalue weighted by Crippen LogP contribution is -1.90. The maximum atomic E-state index is 3.98. The van der Waals surface area contributed by atoms with Crippen molar-refractivity contribution in [3.8, 4) is 0 Å². The van der Waals surface area contributed by atoms with E-state index in [1.807, 2.05) is 0 Å². The number of aromatic amines is 2. The lowest BCUT2D eigenvalue weighted by atomic mass is 10.3. The van der Waals surface area contributed by atoms with E-state index in [0.717, 1.165) is 17.9 Å². The molecular weight excluding hydrogens is 142 g/mol. The van der Waals surface area contributed by atoms with Gasteiger partial charge in [0, 0.05) is 18.3 Å². The Hall–Kier alpha value is -1.65. The molecule has 0 spiro atoms. The van der Waals surface area contributed by atoms with Crippen molar-refractivity contribution in [3.05, 3.63) is 30.4 Å². The number of aromatic nitrogens is 5. The van der Waals surface area contributed by atoms with Gasteiger partial charge in [-0.25, -0.2) is 9.97 Å². The Morgan fingerprint density at radius 2 is 2.45 bits per heavy atom. The van der Waals surface area contributed by atoms with E-state index in [4.69, 9.17) is 0 Å². The second-order valence-corrected chi connectivity index (χ2v) is 2.19. The Balaban J connectivity index is 2.14. The Morgan fingerprint density at radius 3 is 3.09 bits per heavy atom. The molecule has 0 amide bonds. The fraction of sp³-hybridized carbons (Fsp3) is 0.167. The average Bonchev–Trinajstić information content (AvgIpc) is 2.60. The highest BCUT2D eigenvalue weighted by Crippen LogP contribution is 1.97. The smallest absolute Gasteiger partial charge is 0.137 e. The molecule has 11 heavy (non-hydrogen) atoms. The summed E-state index contributed by atoms with van der Waals surface area (Å²) in [6, 6.07) is 0. The van der Waals surface area contributed by atoms with Gasteiger partial charge in [0.1, 0.15) is 12.2 Å². The Bertz CT molecular complexity index is 263. The van der Waals surface area contributed by atoms with Crippen molar-refractivity contribution in [1.29, 1.82) is 0 Å². The SMILES string of the molecule is c1n[nH]c(Cc2cnc[nH]2)n1. The number of hydrogen-bond donors (Lipinski definition) is 2. The van der Waals surface area contributed by atoms with E-state index >= 15 is 0 Å². The van der Waals surface area contributed by atoms with Crippen LogP contribution in [0, 0.1) is 0 Å². The molecule has 0 aliphatic rings. The largest absolute Gasteiger partial charge is 0.348 e. The molecule has 0 atom stereocenters. The monoisotopic (exact) mass is 149 g/mol. The summed E-state index contributed by atoms with van der Waals surface area (Å²) in [4.78, 5) is 10.8. The maximum Gasteiger partial charge on any atom is 0.137 e. The second kappa shape index (κ2) is 2.53. The zero-order chi connectivity index (χ0) is 7.52. The van der Waals surface area contributed by atoms with Gasteiger partial charge in [0.05, 0.1) is 6.33 Å². The molecule has 2 N–H and O–H groups in total. The number of H-pyrrole nitrogens is 2. The van der Waals surface area contributed by atoms with Gasteiger partial charge in [0.15, 0.2) is 0 Å². The molecule has 0 aliphatic heterocycles. The van der Waals surface area contributed by atoms with Gasteiger partial charge >= 0.3 is 0 Å². The number of nitrogens with zero attached hydrogens (tertiary/aromatic N) is 3. The van der Waals surface area contributed by atoms with Crippen molar-refractivity contribution < 1.29 is 0 Å². The first-order valence-corrected chi connectivity index (χ1v) is 3.26. The van der Waals surface area contributed by atoms with Crippen LogP contribution in [0.15, 0.2) is 18.9 Å². The van der Waals surface area contributed by atoms with Gasteiger partial charge in [-0.1, -0.05) is 0 Å². The van der Waals surface area contributed by atoms with Crippen molar-refractivity contribution >= 4 is 0 Å². The molecule has 5 nitrogen and oxygen atoms in total. The quantitative estimate of drug-likeness (QED) is 0.637. The molecule has 0 saturated heterocycles. The van der Waals surface area contributed by atoms with Crippen LogP contribution < -0.4 is 0 Å². The van der Waals surface area contributed by atoms with Gasteiger partial charge in [-0.05, 0) is 0 Å². The third-order valence-corrected chi connectivity index (χ3v) is 1.38. The molecule has 56 valence electrons. The van der Waals surface area contributed by atoms with Gasteiger partial charge in [-0.2, -0.15) is 5.10 Å². The zero-order valence-electron chi connectivity index (χ0n) is 5.78. The summed E-state index contributed by atoms with van der Waals surface area (Å²) in [5.41, 5.74) is 1.03. The first kappa shape index (κ1) is 6.09. The summed E-state index contributed by atoms with van der Waals surface area (Å²) < 4.78 is 0. The Morgan fingerprint density at radius 1 is 1.45 bits per heavy atom. The second-order valence-electron chi connectivity index (χ2n) is 2.19. The minimum absolute atomic E-state index is 0.722. The number of rotatable bonds is 2. The molecule has 0 unspecified atom stereocenters. The highest BCUT2D eigenvalue weighted by atomic mass is 15.2. The van der Waals surface area contributed by atoms with E-state index in [0.29, 0.717) is 0 Å². The molecular formula is C6H7N5. The van der Waals surface area contributed by atoms with Gasteiger partial charge in [0.2, 0.25) is 0 Å². The molecule has 2 aromatic heterocycles. The first-order valence-electron chi connectivity index (χ1n) is 3.26. The fourth-order valence-electron chi connectivity index (χ4n) is 0.878. The minimum Gasteiger partial charge on any atom is -0.348 e. The summed E-state index contributed by atoms with van der Waals surface area (Å²) in [5.74, 6) is 0.842. The zero-order valence-corrected chi connectivity index (χ0v) is 5.78. The third kappa shape index (κ3) is 1.26. The van der Waals surface area contributed by atoms with Crippen LogP contribution in [0.3, 0.4) is 0 Å². The van der Waals surface area contributed by atoms with Gasteiger partial charge in [0.25, 0.3) is 0 Å². The molecule has 2 heterocycles. The van der Waals surface area contributed by atoms with Gasteiger partial charge in [-0.3, -0.25) is 5.10 Å². The first-order chi connectivity index (χ1) is 5.45. The lowest BCUT2D eigenvalue weighted by molar-refractivity contribution is 0.950. The Kier molecular flexibility index (Phi) is 1.40. The van der Waals surface area contributed by atoms with Crippen LogP contribution in [-0.4, -0.2) is 25.1 Å². The van der Waals surface area contributed by atoms with Crippen LogP contribution in [0.5, 0.6) is 0 Å². The lowest BCUT2D eigenvalue weighted by Gasteiger charge is -1.88. The van der Waals surface area contributed by atoms with Crippen LogP contribution in [0.1, 0.15) is 11.5 Å². The van der Waals surface area contributed by atoms with Crippen molar-refractivity contribution in [2.24, 2.45) is 0 Å². The molecule has 0 radical (unpaired) electrons. The molecule has 0 bridgehead atoms. The topological polar surface area (TPSA) is 70.2 Å². The predicted octanol–water partition coefficient (Wildman–Crippen LogP) is 0.119. The summed E-state index contributed by atoms with van der Waals surface area (Å²) in [6.07, 6.45) is 5.62. The summed E-state index contributed by atoms with van der Waals surface area (Å²) in [7, 11) is 0. The number of nitrogens with one attached hydrogen (secondary N) is 2. The fourth-order valence-corrected chi connectivity index (χ4v) is 0.878. The van der Waals surface area contributed by atoms with E-state index in [1.165, 1.54) is 6.33 Å². The van der Waals surface area contributed by atoms with Gasteiger partial charge < -0.3 is 4.98 Å². The summed E-state index contributed by atoms with van der Waals surface area (Å²) in [5, 5.41) is 6.50. The minimum atomic E-state index is 0.722. The van der Waals surface area contributed by atoms with Crippen molar-refractivity contribution in [2.45, 2.75) is 6.42 Å². The van der Waals surface area contributed by atoms with Crippen molar-refractivity contribution in [3.63, 3.8) is 0 Å². The van der Waals surface area contributed by atoms with Crippen LogP contribution in [-0.2, 0) is 6.42 Å². The maximum absolute atomic E-state index is 3.98. The molecule has 2 rings (SSSR count). The van der Waals surface area contributed by atoms with E-state index in [1.54, 1.807) is 12.5 Å². The van der Waals surface area contributed by atoms with Crippen LogP contribution in [0.4, 0.5) is 0 Å². The van der Waals surface area contributed by atoms with Crippen LogP contribution in [0.25, 0.3) is 0 Å². The van der Waals surface area contributed by atoms with Crippen LogP contribution in [0.2, 0.25) is 0 Å². The molecule has 0 aromatic carbocycles. The van der Waals surface area contributed by atoms with E-state index in [2.05, 4.69) is 25.1 Å². The molecule has 0 fully saturated rings. The highest BCUT2D eigenvalue weighted by molar-refractivity contribution is 5.02. The van der Waals surface area contributed by atoms with Gasteiger partial charge in [-0.15, -0.1) is 0 Å². The third-order valence-electron chi connectivity index (χ3n) is 1.38. The molecule has 2 aromatic rings. The summed E-state index contributed by atoms with van der Waals surface area (Å²) >= 11 is 0. The molecule has 0 saturated carbocycles. The molecule has 5 heteroatoms. The van der Waals surface area contributed by atoms with E-state index < -0.39 is 0 Å². The van der Waals surface area contributed by atoms with E-state index in [-0.39, 0.29) is 0 Å². The van der Waals surface area contributed by atoms with E-state index in [9.17, 15) is 0 Å². The van der Waals surface area contributed by atoms with Crippen LogP contribution >= 0.6 is 0 Å². The molecule has 0 aliphatic carbocycles. The van der Waals surface area contributed by atoms with Crippen molar-refractivity contribution in [1.82, 2.24) is 25.1 Å². The Labute approximate surface area is 62.9 Å². The average molecular weight is 149 g/mol. The number of hydrogen-bond acceptors (Lipinski definition) is 3. The predicted molar refractivity (Wildman–Crippen MR) is 37.8 cm³/mol. The van der Waals surface area contributed by atoms with Crippen molar-refractivity contribution in [2.75, 3.05) is 0 Å².